The molecule has 2 nitrogen and oxygen atoms in total. The Labute approximate surface area is 109 Å². The quantitative estimate of drug-likeness (QED) is 0.601. The number of thiocarbonyl (C=S) groups is 1. The molecule has 1 rings (SSSR count). The highest BCUT2D eigenvalue weighted by Crippen LogP contribution is 2.29. The zero-order valence-corrected chi connectivity index (χ0v) is 12.1. The predicted molar refractivity (Wildman–Crippen MR) is 75.3 cm³/mol. The highest BCUT2D eigenvalue weighted by atomic mass is 32.2. The standard InChI is InChI=1S/C12H23NOS2/c1-13(2)9-6-10-14-12(15)16-11-7-4-3-5-8-11/h11H,3-10H2,1-2H3/p+1. The van der Waals surface area contributed by atoms with E-state index in [9.17, 15) is 0 Å². The number of hydrogen-bond acceptors (Lipinski definition) is 3. The summed E-state index contributed by atoms with van der Waals surface area (Å²) in [6.45, 7) is 1.93. The zero-order chi connectivity index (χ0) is 11.8. The minimum absolute atomic E-state index is 0.723. The fraction of sp³-hybridized carbons (Fsp3) is 0.917. The van der Waals surface area contributed by atoms with E-state index in [1.165, 1.54) is 37.0 Å². The lowest BCUT2D eigenvalue weighted by Gasteiger charge is -2.20. The Hall–Kier alpha value is 0.200. The topological polar surface area (TPSA) is 13.7 Å². The first kappa shape index (κ1) is 14.3. The van der Waals surface area contributed by atoms with Crippen molar-refractivity contribution in [1.82, 2.24) is 0 Å². The van der Waals surface area contributed by atoms with E-state index in [4.69, 9.17) is 17.0 Å². The number of thioether (sulfide) groups is 1. The lowest BCUT2D eigenvalue weighted by Crippen LogP contribution is -3.05. The molecule has 0 aromatic rings. The van der Waals surface area contributed by atoms with E-state index in [0.29, 0.717) is 0 Å². The molecule has 1 aliphatic carbocycles. The van der Waals surface area contributed by atoms with Gasteiger partial charge in [0.1, 0.15) is 0 Å². The van der Waals surface area contributed by atoms with Crippen molar-refractivity contribution in [3.8, 4) is 0 Å². The summed E-state index contributed by atoms with van der Waals surface area (Å²) < 4.78 is 6.34. The molecule has 0 atom stereocenters. The molecule has 0 amide bonds. The van der Waals surface area contributed by atoms with Gasteiger partial charge in [-0.25, -0.2) is 0 Å². The van der Waals surface area contributed by atoms with Crippen LogP contribution in [-0.4, -0.2) is 36.9 Å². The van der Waals surface area contributed by atoms with Gasteiger partial charge in [0.05, 0.1) is 27.2 Å². The number of hydrogen-bond donors (Lipinski definition) is 1. The van der Waals surface area contributed by atoms with Crippen LogP contribution in [0.4, 0.5) is 0 Å². The van der Waals surface area contributed by atoms with E-state index < -0.39 is 0 Å². The van der Waals surface area contributed by atoms with Gasteiger partial charge in [-0.15, -0.1) is 0 Å². The number of rotatable bonds is 5. The van der Waals surface area contributed by atoms with Gasteiger partial charge in [-0.2, -0.15) is 0 Å². The summed E-state index contributed by atoms with van der Waals surface area (Å²) in [6, 6.07) is 0. The fourth-order valence-corrected chi connectivity index (χ4v) is 3.42. The molecule has 16 heavy (non-hydrogen) atoms. The summed E-state index contributed by atoms with van der Waals surface area (Å²) in [5, 5.41) is 0.723. The first-order chi connectivity index (χ1) is 7.68. The van der Waals surface area contributed by atoms with Crippen molar-refractivity contribution in [2.45, 2.75) is 43.8 Å². The van der Waals surface area contributed by atoms with Gasteiger partial charge in [-0.3, -0.25) is 0 Å². The summed E-state index contributed by atoms with van der Waals surface area (Å²) in [7, 11) is 4.32. The largest absolute Gasteiger partial charge is 0.478 e. The van der Waals surface area contributed by atoms with Crippen LogP contribution >= 0.6 is 24.0 Å². The minimum atomic E-state index is 0.723. The highest BCUT2D eigenvalue weighted by molar-refractivity contribution is 8.23. The predicted octanol–water partition coefficient (Wildman–Crippen LogP) is 1.89. The van der Waals surface area contributed by atoms with Crippen LogP contribution in [0.5, 0.6) is 0 Å². The van der Waals surface area contributed by atoms with Crippen LogP contribution in [0.1, 0.15) is 38.5 Å². The third-order valence-corrected chi connectivity index (χ3v) is 4.38. The Morgan fingerprint density at radius 1 is 1.31 bits per heavy atom. The molecule has 0 saturated heterocycles. The second kappa shape index (κ2) is 8.31. The number of nitrogens with one attached hydrogen (secondary N) is 1. The Kier molecular flexibility index (Phi) is 7.41. The van der Waals surface area contributed by atoms with Crippen molar-refractivity contribution < 1.29 is 9.64 Å². The smallest absolute Gasteiger partial charge is 0.220 e. The second-order valence-electron chi connectivity index (χ2n) is 4.79. The summed E-state index contributed by atoms with van der Waals surface area (Å²) in [4.78, 5) is 1.47. The Morgan fingerprint density at radius 3 is 2.62 bits per heavy atom. The van der Waals surface area contributed by atoms with Crippen molar-refractivity contribution in [3.63, 3.8) is 0 Å². The maximum absolute atomic E-state index is 5.58. The Bertz CT molecular complexity index is 203. The molecular weight excluding hydrogens is 238 g/mol. The monoisotopic (exact) mass is 262 g/mol. The molecule has 1 aliphatic rings. The molecule has 0 aromatic heterocycles. The molecule has 1 fully saturated rings. The van der Waals surface area contributed by atoms with Crippen LogP contribution in [0, 0.1) is 0 Å². The zero-order valence-electron chi connectivity index (χ0n) is 10.5. The average molecular weight is 262 g/mol. The van der Waals surface area contributed by atoms with Gasteiger partial charge in [0, 0.05) is 11.7 Å². The van der Waals surface area contributed by atoms with E-state index in [1.807, 2.05) is 0 Å². The Balaban J connectivity index is 2.01. The van der Waals surface area contributed by atoms with Gasteiger partial charge in [0.25, 0.3) is 0 Å². The van der Waals surface area contributed by atoms with Gasteiger partial charge in [-0.05, 0) is 25.1 Å². The SMILES string of the molecule is C[NH+](C)CCCOC(=S)SC1CCCCC1. The molecule has 0 bridgehead atoms. The van der Waals surface area contributed by atoms with Crippen molar-refractivity contribution in [1.29, 1.82) is 0 Å². The maximum atomic E-state index is 5.58. The lowest BCUT2D eigenvalue weighted by molar-refractivity contribution is -0.858. The fourth-order valence-electron chi connectivity index (χ4n) is 1.93. The van der Waals surface area contributed by atoms with Crippen LogP contribution in [0.2, 0.25) is 0 Å². The van der Waals surface area contributed by atoms with E-state index in [-0.39, 0.29) is 0 Å². The molecule has 0 aromatic carbocycles. The van der Waals surface area contributed by atoms with Gasteiger partial charge in [0.15, 0.2) is 0 Å². The van der Waals surface area contributed by atoms with Crippen LogP contribution < -0.4 is 4.90 Å². The van der Waals surface area contributed by atoms with Crippen molar-refractivity contribution in [2.24, 2.45) is 0 Å². The summed E-state index contributed by atoms with van der Waals surface area (Å²) in [5.41, 5.74) is 0. The highest BCUT2D eigenvalue weighted by Gasteiger charge is 2.16. The molecule has 1 N–H and O–H groups in total. The summed E-state index contributed by atoms with van der Waals surface area (Å²) >= 11 is 7.03. The third kappa shape index (κ3) is 6.71. The van der Waals surface area contributed by atoms with E-state index >= 15 is 0 Å². The minimum Gasteiger partial charge on any atom is -0.478 e. The van der Waals surface area contributed by atoms with E-state index in [1.54, 1.807) is 11.8 Å². The van der Waals surface area contributed by atoms with Crippen molar-refractivity contribution in [2.75, 3.05) is 27.2 Å². The number of ether oxygens (including phenoxy) is 1. The van der Waals surface area contributed by atoms with Crippen molar-refractivity contribution >= 4 is 28.4 Å². The number of quaternary nitrogens is 1. The molecular formula is C12H24NOS2+. The van der Waals surface area contributed by atoms with Gasteiger partial charge in [-0.1, -0.05) is 31.0 Å². The average Bonchev–Trinajstić information content (AvgIpc) is 2.25. The van der Waals surface area contributed by atoms with Gasteiger partial charge < -0.3 is 9.64 Å². The van der Waals surface area contributed by atoms with Crippen molar-refractivity contribution in [3.05, 3.63) is 0 Å². The molecule has 0 unspecified atom stereocenters. The molecule has 0 aliphatic heterocycles. The van der Waals surface area contributed by atoms with Gasteiger partial charge >= 0.3 is 0 Å². The molecule has 0 heterocycles. The van der Waals surface area contributed by atoms with E-state index in [0.717, 1.165) is 29.2 Å². The molecule has 0 radical (unpaired) electrons. The molecule has 0 spiro atoms. The van der Waals surface area contributed by atoms with E-state index in [2.05, 4.69) is 14.1 Å². The second-order valence-corrected chi connectivity index (χ2v) is 6.69. The molecule has 94 valence electrons. The van der Waals surface area contributed by atoms with Crippen LogP contribution in [0.15, 0.2) is 0 Å². The van der Waals surface area contributed by atoms with Crippen LogP contribution in [0.3, 0.4) is 0 Å². The molecule has 4 heteroatoms. The van der Waals surface area contributed by atoms with Gasteiger partial charge in [0.2, 0.25) is 4.38 Å². The normalized spacial score (nSPS) is 17.7. The third-order valence-electron chi connectivity index (χ3n) is 2.86. The maximum Gasteiger partial charge on any atom is 0.220 e. The first-order valence-electron chi connectivity index (χ1n) is 6.31. The lowest BCUT2D eigenvalue weighted by atomic mass is 10.0. The van der Waals surface area contributed by atoms with Crippen LogP contribution in [0.25, 0.3) is 0 Å². The molecule has 1 saturated carbocycles. The summed E-state index contributed by atoms with van der Waals surface area (Å²) in [6.07, 6.45) is 7.85. The first-order valence-corrected chi connectivity index (χ1v) is 7.59. The van der Waals surface area contributed by atoms with Crippen LogP contribution in [-0.2, 0) is 4.74 Å². The summed E-state index contributed by atoms with van der Waals surface area (Å²) in [5.74, 6) is 0. The Morgan fingerprint density at radius 2 is 2.00 bits per heavy atom.